The highest BCUT2D eigenvalue weighted by molar-refractivity contribution is 6.15. The second-order valence-corrected chi connectivity index (χ2v) is 8.97. The van der Waals surface area contributed by atoms with Gasteiger partial charge in [-0.25, -0.2) is 9.37 Å². The monoisotopic (exact) mass is 477 g/mol. The Morgan fingerprint density at radius 3 is 2.78 bits per heavy atom. The van der Waals surface area contributed by atoms with Crippen LogP contribution in [0.5, 0.6) is 0 Å². The molecule has 6 rings (SSSR count). The zero-order chi connectivity index (χ0) is 24.6. The molecule has 0 saturated carbocycles. The van der Waals surface area contributed by atoms with E-state index in [1.807, 2.05) is 38.5 Å². The molecular formula is C28H24FN7. The van der Waals surface area contributed by atoms with Gasteiger partial charge in [-0.1, -0.05) is 18.2 Å². The average Bonchev–Trinajstić information content (AvgIpc) is 3.41. The Labute approximate surface area is 207 Å². The van der Waals surface area contributed by atoms with E-state index in [1.165, 1.54) is 12.1 Å². The summed E-state index contributed by atoms with van der Waals surface area (Å²) in [5.41, 5.74) is 12.0. The van der Waals surface area contributed by atoms with E-state index in [4.69, 9.17) is 4.98 Å². The molecule has 0 fully saturated rings. The van der Waals surface area contributed by atoms with Crippen molar-refractivity contribution in [1.29, 1.82) is 0 Å². The Bertz CT molecular complexity index is 1610. The molecular weight excluding hydrogens is 453 g/mol. The zero-order valence-electron chi connectivity index (χ0n) is 19.9. The molecule has 4 heterocycles. The van der Waals surface area contributed by atoms with Gasteiger partial charge in [0.1, 0.15) is 11.5 Å². The van der Waals surface area contributed by atoms with Crippen molar-refractivity contribution in [3.63, 3.8) is 0 Å². The molecule has 0 spiro atoms. The van der Waals surface area contributed by atoms with Gasteiger partial charge in [0.15, 0.2) is 5.82 Å². The maximum absolute atomic E-state index is 14.4. The Kier molecular flexibility index (Phi) is 5.50. The number of halogens is 1. The Balaban J connectivity index is 1.42. The number of fused-ring (bicyclic) bond motifs is 2. The van der Waals surface area contributed by atoms with E-state index in [2.05, 4.69) is 55.1 Å². The lowest BCUT2D eigenvalue weighted by Crippen LogP contribution is -2.19. The largest absolute Gasteiger partial charge is 0.335 e. The van der Waals surface area contributed by atoms with Crippen LogP contribution in [0.25, 0.3) is 27.7 Å². The fourth-order valence-corrected chi connectivity index (χ4v) is 4.66. The third-order valence-electron chi connectivity index (χ3n) is 6.29. The van der Waals surface area contributed by atoms with Crippen LogP contribution >= 0.6 is 0 Å². The molecule has 4 aromatic rings. The van der Waals surface area contributed by atoms with Crippen molar-refractivity contribution in [2.24, 2.45) is 5.10 Å². The third-order valence-corrected chi connectivity index (χ3v) is 6.29. The first-order valence-electron chi connectivity index (χ1n) is 11.7. The van der Waals surface area contributed by atoms with E-state index in [0.29, 0.717) is 12.4 Å². The summed E-state index contributed by atoms with van der Waals surface area (Å²) < 4.78 is 14.4. The summed E-state index contributed by atoms with van der Waals surface area (Å²) >= 11 is 0. The van der Waals surface area contributed by atoms with Crippen LogP contribution in [0, 0.1) is 12.7 Å². The normalized spacial score (nSPS) is 16.8. The van der Waals surface area contributed by atoms with Gasteiger partial charge in [-0.15, -0.1) is 0 Å². The number of pyridine rings is 2. The molecule has 0 saturated heterocycles. The van der Waals surface area contributed by atoms with Crippen molar-refractivity contribution < 1.29 is 4.39 Å². The number of aromatic amines is 1. The maximum Gasteiger partial charge on any atom is 0.159 e. The van der Waals surface area contributed by atoms with Crippen molar-refractivity contribution in [2.45, 2.75) is 19.5 Å². The van der Waals surface area contributed by atoms with Crippen LogP contribution in [0.15, 0.2) is 84.0 Å². The highest BCUT2D eigenvalue weighted by Gasteiger charge is 2.28. The molecule has 1 unspecified atom stereocenters. The summed E-state index contributed by atoms with van der Waals surface area (Å²) in [5, 5.41) is 7.68. The van der Waals surface area contributed by atoms with Gasteiger partial charge in [0.2, 0.25) is 0 Å². The quantitative estimate of drug-likeness (QED) is 0.395. The summed E-state index contributed by atoms with van der Waals surface area (Å²) in [6, 6.07) is 7.05. The number of hydrogen-bond donors (Lipinski definition) is 3. The van der Waals surface area contributed by atoms with Gasteiger partial charge in [-0.05, 0) is 66.6 Å². The molecule has 1 aromatic carbocycles. The first kappa shape index (κ1) is 22.1. The van der Waals surface area contributed by atoms with Crippen molar-refractivity contribution in [3.05, 3.63) is 107 Å². The first-order valence-corrected chi connectivity index (χ1v) is 11.7. The second-order valence-electron chi connectivity index (χ2n) is 8.97. The number of hydrogen-bond acceptors (Lipinski definition) is 6. The Hall–Kier alpha value is -4.43. The highest BCUT2D eigenvalue weighted by Crippen LogP contribution is 2.31. The lowest BCUT2D eigenvalue weighted by molar-refractivity contribution is 0.624. The average molecular weight is 478 g/mol. The van der Waals surface area contributed by atoms with Gasteiger partial charge in [-0.3, -0.25) is 15.4 Å². The molecule has 1 aliphatic carbocycles. The van der Waals surface area contributed by atoms with Crippen LogP contribution in [0.4, 0.5) is 4.39 Å². The second kappa shape index (κ2) is 8.98. The number of aryl methyl sites for hydroxylation is 1. The predicted octanol–water partition coefficient (Wildman–Crippen LogP) is 4.44. The van der Waals surface area contributed by atoms with Gasteiger partial charge in [0.25, 0.3) is 0 Å². The molecule has 36 heavy (non-hydrogen) atoms. The van der Waals surface area contributed by atoms with Crippen LogP contribution in [-0.4, -0.2) is 38.7 Å². The molecule has 8 heteroatoms. The van der Waals surface area contributed by atoms with Crippen molar-refractivity contribution in [3.8, 4) is 11.1 Å². The Morgan fingerprint density at radius 2 is 1.92 bits per heavy atom. The summed E-state index contributed by atoms with van der Waals surface area (Å²) in [4.78, 5) is 17.0. The number of benzene rings is 1. The molecule has 3 aromatic heterocycles. The number of hydrazone groups is 1. The van der Waals surface area contributed by atoms with Crippen molar-refractivity contribution >= 4 is 22.3 Å². The van der Waals surface area contributed by atoms with Gasteiger partial charge < -0.3 is 10.3 Å². The zero-order valence-corrected chi connectivity index (χ0v) is 19.9. The maximum atomic E-state index is 14.4. The summed E-state index contributed by atoms with van der Waals surface area (Å²) in [6.45, 7) is 2.60. The fourth-order valence-electron chi connectivity index (χ4n) is 4.66. The van der Waals surface area contributed by atoms with E-state index >= 15 is 0 Å². The highest BCUT2D eigenvalue weighted by atomic mass is 19.1. The van der Waals surface area contributed by atoms with Crippen LogP contribution in [0.2, 0.25) is 0 Å². The fraction of sp³-hybridized carbons (Fsp3) is 0.143. The van der Waals surface area contributed by atoms with E-state index in [0.717, 1.165) is 55.7 Å². The topological polar surface area (TPSA) is 90.9 Å². The number of imidazole rings is 1. The van der Waals surface area contributed by atoms with E-state index in [9.17, 15) is 4.39 Å². The molecule has 0 amide bonds. The minimum Gasteiger partial charge on any atom is -0.335 e. The lowest BCUT2D eigenvalue weighted by Gasteiger charge is -2.08. The first-order chi connectivity index (χ1) is 17.6. The number of nitrogens with zero attached hydrogens (tertiary/aromatic N) is 4. The van der Waals surface area contributed by atoms with E-state index < -0.39 is 0 Å². The number of aromatic nitrogens is 4. The van der Waals surface area contributed by atoms with Gasteiger partial charge in [0.05, 0.1) is 23.3 Å². The number of H-pyrrole nitrogens is 1. The lowest BCUT2D eigenvalue weighted by atomic mass is 9.98. The van der Waals surface area contributed by atoms with Gasteiger partial charge >= 0.3 is 0 Å². The molecule has 178 valence electrons. The SMILES string of the molecule is CNCc1cc(F)cc(-c2cncc3[nH]c(C4=NNC5C=CC=C(c6cncc(C)c6)C=C45)nc23)c1. The van der Waals surface area contributed by atoms with Crippen molar-refractivity contribution in [2.75, 3.05) is 7.05 Å². The third kappa shape index (κ3) is 4.01. The number of rotatable bonds is 5. The van der Waals surface area contributed by atoms with E-state index in [1.54, 1.807) is 12.4 Å². The van der Waals surface area contributed by atoms with Gasteiger partial charge in [0, 0.05) is 41.8 Å². The predicted molar refractivity (Wildman–Crippen MR) is 140 cm³/mol. The summed E-state index contributed by atoms with van der Waals surface area (Å²) in [5.74, 6) is 0.336. The number of nitrogens with one attached hydrogen (secondary N) is 3. The smallest absolute Gasteiger partial charge is 0.159 e. The van der Waals surface area contributed by atoms with Crippen LogP contribution in [-0.2, 0) is 6.54 Å². The number of allylic oxidation sites excluding steroid dienone is 4. The molecule has 0 radical (unpaired) electrons. The Morgan fingerprint density at radius 1 is 1.03 bits per heavy atom. The van der Waals surface area contributed by atoms with Crippen LogP contribution in [0.3, 0.4) is 0 Å². The minimum absolute atomic E-state index is 0.0651. The molecule has 0 bridgehead atoms. The van der Waals surface area contributed by atoms with Crippen molar-refractivity contribution in [1.82, 2.24) is 30.7 Å². The van der Waals surface area contributed by atoms with E-state index in [-0.39, 0.29) is 11.9 Å². The van der Waals surface area contributed by atoms with Crippen LogP contribution in [0.1, 0.15) is 22.5 Å². The molecule has 2 aliphatic rings. The standard InChI is InChI=1S/C28H24FN7/c1-16-6-20(13-31-11-16)18-4-3-5-24-22(10-18)27(36-35-24)28-33-25-15-32-14-23(26(25)34-28)19-7-17(12-30-2)8-21(29)9-19/h3-11,13-15,24,30,35H,12H2,1-2H3,(H,33,34). The summed E-state index contributed by atoms with van der Waals surface area (Å²) in [6.07, 6.45) is 15.5. The molecule has 7 nitrogen and oxygen atoms in total. The molecule has 3 N–H and O–H groups in total. The minimum atomic E-state index is -0.293. The van der Waals surface area contributed by atoms with Gasteiger partial charge in [-0.2, -0.15) is 5.10 Å². The summed E-state index contributed by atoms with van der Waals surface area (Å²) in [7, 11) is 1.84. The molecule has 1 aliphatic heterocycles. The van der Waals surface area contributed by atoms with Crippen LogP contribution < -0.4 is 10.7 Å². The molecule has 1 atom stereocenters.